The number of halogens is 6. The van der Waals surface area contributed by atoms with E-state index in [1.165, 1.54) is 10.7 Å². The van der Waals surface area contributed by atoms with Gasteiger partial charge in [0, 0.05) is 48.0 Å². The Hall–Kier alpha value is -4.40. The van der Waals surface area contributed by atoms with Gasteiger partial charge in [0.15, 0.2) is 5.82 Å². The number of anilines is 3. The number of amides is 2. The smallest absolute Gasteiger partial charge is 0.351 e. The van der Waals surface area contributed by atoms with Crippen molar-refractivity contribution in [3.05, 3.63) is 59.3 Å². The molecule has 1 fully saturated rings. The summed E-state index contributed by atoms with van der Waals surface area (Å²) in [5.74, 6) is 0.575. The molecule has 2 aromatic heterocycles. The Morgan fingerprint density at radius 2 is 1.61 bits per heavy atom. The second kappa shape index (κ2) is 11.9. The van der Waals surface area contributed by atoms with Gasteiger partial charge in [0.1, 0.15) is 0 Å². The average Bonchev–Trinajstić information content (AvgIpc) is 3.31. The van der Waals surface area contributed by atoms with E-state index in [4.69, 9.17) is 10.7 Å². The predicted octanol–water partition coefficient (Wildman–Crippen LogP) is 6.96. The van der Waals surface area contributed by atoms with Crippen LogP contribution in [0.4, 0.5) is 48.6 Å². The number of carbonyl (C=O) groups excluding carboxylic acids is 1. The van der Waals surface area contributed by atoms with Gasteiger partial charge in [0.25, 0.3) is 0 Å². The summed E-state index contributed by atoms with van der Waals surface area (Å²) in [7, 11) is 1.64. The molecule has 4 aromatic rings. The van der Waals surface area contributed by atoms with Crippen molar-refractivity contribution >= 4 is 34.4 Å². The van der Waals surface area contributed by atoms with Crippen molar-refractivity contribution in [2.24, 2.45) is 12.8 Å². The van der Waals surface area contributed by atoms with Crippen molar-refractivity contribution in [1.29, 1.82) is 0 Å². The first-order valence-corrected chi connectivity index (χ1v) is 13.9. The van der Waals surface area contributed by atoms with E-state index in [0.717, 1.165) is 47.7 Å². The summed E-state index contributed by atoms with van der Waals surface area (Å²) in [6.45, 7) is 1.99. The lowest BCUT2D eigenvalue weighted by molar-refractivity contribution is -0.143. The Morgan fingerprint density at radius 1 is 0.955 bits per heavy atom. The van der Waals surface area contributed by atoms with Gasteiger partial charge in [-0.15, -0.1) is 0 Å². The minimum absolute atomic E-state index is 0.0163. The maximum Gasteiger partial charge on any atom is 0.416 e. The van der Waals surface area contributed by atoms with E-state index < -0.39 is 35.2 Å². The number of rotatable bonds is 6. The molecule has 5 N–H and O–H groups in total. The first-order valence-electron chi connectivity index (χ1n) is 13.9. The number of fused-ring (bicyclic) bond motifs is 1. The molecule has 0 aliphatic heterocycles. The maximum atomic E-state index is 13.2. The normalized spacial score (nSPS) is 17.5. The molecular weight excluding hydrogens is 590 g/mol. The number of benzene rings is 2. The highest BCUT2D eigenvalue weighted by Crippen LogP contribution is 2.37. The van der Waals surface area contributed by atoms with Crippen LogP contribution >= 0.6 is 0 Å². The van der Waals surface area contributed by atoms with Crippen LogP contribution in [0, 0.1) is 0 Å². The first kappa shape index (κ1) is 31.0. The minimum Gasteiger partial charge on any atom is -0.351 e. The van der Waals surface area contributed by atoms with E-state index in [2.05, 4.69) is 20.7 Å². The van der Waals surface area contributed by atoms with E-state index in [0.29, 0.717) is 30.2 Å². The standard InChI is InChI=1S/C29H30F6N8O/c1-3-15-8-16(9-17-14-37-26(41-25(15)17)38-21-6-4-20(36)5-7-21)23-13-24(42-43(23)2)40-27(44)39-22-11-18(28(30,31)32)10-19(12-22)29(33,34)35/h8-14,20-21H,3-7,36H2,1-2H3,(H,37,38,41)(H2,39,40,42,44). The van der Waals surface area contributed by atoms with Crippen LogP contribution in [-0.4, -0.2) is 37.9 Å². The third kappa shape index (κ3) is 7.04. The van der Waals surface area contributed by atoms with Gasteiger partial charge < -0.3 is 16.4 Å². The molecule has 1 saturated carbocycles. The Morgan fingerprint density at radius 3 is 2.23 bits per heavy atom. The molecule has 5 rings (SSSR count). The summed E-state index contributed by atoms with van der Waals surface area (Å²) >= 11 is 0. The Kier molecular flexibility index (Phi) is 8.42. The minimum atomic E-state index is -5.05. The maximum absolute atomic E-state index is 13.2. The van der Waals surface area contributed by atoms with Gasteiger partial charge in [0.2, 0.25) is 5.95 Å². The first-order chi connectivity index (χ1) is 20.7. The van der Waals surface area contributed by atoms with E-state index in [1.54, 1.807) is 13.2 Å². The van der Waals surface area contributed by atoms with E-state index in [1.807, 2.05) is 24.4 Å². The van der Waals surface area contributed by atoms with Gasteiger partial charge in [-0.2, -0.15) is 31.4 Å². The lowest BCUT2D eigenvalue weighted by Gasteiger charge is -2.26. The summed E-state index contributed by atoms with van der Waals surface area (Å²) in [4.78, 5) is 21.8. The van der Waals surface area contributed by atoms with Crippen molar-refractivity contribution < 1.29 is 31.1 Å². The fraction of sp³-hybridized carbons (Fsp3) is 0.379. The quantitative estimate of drug-likeness (QED) is 0.173. The summed E-state index contributed by atoms with van der Waals surface area (Å²) in [6, 6.07) is 5.62. The fourth-order valence-corrected chi connectivity index (χ4v) is 5.26. The topological polar surface area (TPSA) is 123 Å². The Labute approximate surface area is 248 Å². The molecule has 1 aliphatic carbocycles. The Balaban J connectivity index is 1.35. The number of urea groups is 1. The summed E-state index contributed by atoms with van der Waals surface area (Å²) in [5, 5.41) is 12.8. The molecule has 0 spiro atoms. The molecule has 44 heavy (non-hydrogen) atoms. The lowest BCUT2D eigenvalue weighted by atomic mass is 9.92. The molecule has 1 aliphatic rings. The molecule has 2 heterocycles. The summed E-state index contributed by atoms with van der Waals surface area (Å²) < 4.78 is 80.6. The molecule has 0 saturated heterocycles. The third-order valence-corrected chi connectivity index (χ3v) is 7.51. The van der Waals surface area contributed by atoms with Crippen LogP contribution in [0.1, 0.15) is 49.3 Å². The molecule has 0 unspecified atom stereocenters. The molecule has 0 radical (unpaired) electrons. The highest BCUT2D eigenvalue weighted by atomic mass is 19.4. The van der Waals surface area contributed by atoms with E-state index in [-0.39, 0.29) is 24.0 Å². The number of nitrogens with two attached hydrogens (primary N) is 1. The summed E-state index contributed by atoms with van der Waals surface area (Å²) in [6.07, 6.45) is -3.90. The van der Waals surface area contributed by atoms with Crippen LogP contribution in [0.5, 0.6) is 0 Å². The molecule has 0 bridgehead atoms. The number of alkyl halides is 6. The zero-order valence-corrected chi connectivity index (χ0v) is 23.8. The van der Waals surface area contributed by atoms with E-state index >= 15 is 0 Å². The highest BCUT2D eigenvalue weighted by molar-refractivity contribution is 5.99. The second-order valence-electron chi connectivity index (χ2n) is 10.8. The van der Waals surface area contributed by atoms with Crippen LogP contribution in [0.25, 0.3) is 22.2 Å². The molecule has 0 atom stereocenters. The number of aryl methyl sites for hydroxylation is 2. The molecule has 9 nitrogen and oxygen atoms in total. The average molecular weight is 621 g/mol. The van der Waals surface area contributed by atoms with Crippen LogP contribution in [-0.2, 0) is 25.8 Å². The van der Waals surface area contributed by atoms with Crippen molar-refractivity contribution in [2.75, 3.05) is 16.0 Å². The van der Waals surface area contributed by atoms with Crippen LogP contribution < -0.4 is 21.7 Å². The molecule has 2 amide bonds. The van der Waals surface area contributed by atoms with Gasteiger partial charge in [-0.25, -0.2) is 14.8 Å². The lowest BCUT2D eigenvalue weighted by Crippen LogP contribution is -2.33. The number of hydrogen-bond acceptors (Lipinski definition) is 6. The number of hydrogen-bond donors (Lipinski definition) is 4. The van der Waals surface area contributed by atoms with E-state index in [9.17, 15) is 31.1 Å². The van der Waals surface area contributed by atoms with Gasteiger partial charge in [-0.1, -0.05) is 6.92 Å². The molecule has 234 valence electrons. The zero-order chi connectivity index (χ0) is 31.8. The van der Waals surface area contributed by atoms with Crippen molar-refractivity contribution in [3.63, 3.8) is 0 Å². The Bertz CT molecular complexity index is 1640. The highest BCUT2D eigenvalue weighted by Gasteiger charge is 2.37. The van der Waals surface area contributed by atoms with Gasteiger partial charge in [-0.3, -0.25) is 10.00 Å². The SMILES string of the molecule is CCc1cc(-c2cc(NC(=O)Nc3cc(C(F)(F)F)cc(C(F)(F)F)c3)nn2C)cc2cnc(NC3CCC(N)CC3)nc12. The van der Waals surface area contributed by atoms with Crippen LogP contribution in [0.2, 0.25) is 0 Å². The molecular formula is C29H30F6N8O. The predicted molar refractivity (Wildman–Crippen MR) is 154 cm³/mol. The fourth-order valence-electron chi connectivity index (χ4n) is 5.26. The van der Waals surface area contributed by atoms with Crippen molar-refractivity contribution in [3.8, 4) is 11.3 Å². The monoisotopic (exact) mass is 620 g/mol. The van der Waals surface area contributed by atoms with Gasteiger partial charge in [-0.05, 0) is 68.0 Å². The van der Waals surface area contributed by atoms with Gasteiger partial charge in [0.05, 0.1) is 22.3 Å². The number of nitrogens with one attached hydrogen (secondary N) is 3. The molecule has 15 heteroatoms. The third-order valence-electron chi connectivity index (χ3n) is 7.51. The van der Waals surface area contributed by atoms with Crippen molar-refractivity contribution in [2.45, 2.75) is 63.5 Å². The number of nitrogens with zero attached hydrogens (tertiary/aromatic N) is 4. The van der Waals surface area contributed by atoms with Crippen LogP contribution in [0.3, 0.4) is 0 Å². The molecule has 2 aromatic carbocycles. The van der Waals surface area contributed by atoms with Crippen molar-refractivity contribution in [1.82, 2.24) is 19.7 Å². The second-order valence-corrected chi connectivity index (χ2v) is 10.8. The largest absolute Gasteiger partial charge is 0.416 e. The number of aromatic nitrogens is 4. The van der Waals surface area contributed by atoms with Gasteiger partial charge >= 0.3 is 18.4 Å². The van der Waals surface area contributed by atoms with Crippen LogP contribution in [0.15, 0.2) is 42.6 Å². The summed E-state index contributed by atoms with van der Waals surface area (Å²) in [5.41, 5.74) is 5.33. The zero-order valence-electron chi connectivity index (χ0n) is 23.8. The number of carbonyl (C=O) groups is 1.